The van der Waals surface area contributed by atoms with E-state index in [4.69, 9.17) is 9.84 Å². The molecule has 1 atom stereocenters. The minimum absolute atomic E-state index is 0.114. The molecule has 0 spiro atoms. The summed E-state index contributed by atoms with van der Waals surface area (Å²) in [6, 6.07) is 1.87. The molecule has 0 amide bonds. The van der Waals surface area contributed by atoms with Crippen molar-refractivity contribution in [3.05, 3.63) is 29.7 Å². The van der Waals surface area contributed by atoms with Crippen molar-refractivity contribution < 1.29 is 14.6 Å². The number of hydrogen-bond acceptors (Lipinski definition) is 5. The molecule has 23 heavy (non-hydrogen) atoms. The largest absolute Gasteiger partial charge is 0.506 e. The Hall–Kier alpha value is -2.37. The van der Waals surface area contributed by atoms with Gasteiger partial charge in [-0.2, -0.15) is 5.10 Å². The first-order valence-electron chi connectivity index (χ1n) is 7.83. The molecule has 1 aliphatic carbocycles. The highest BCUT2D eigenvalue weighted by molar-refractivity contribution is 5.74. The SMILES string of the molecule is COC(=O)C1CCc2c(-c3cncc(O)c3)nn(C(C)C)c2C1. The van der Waals surface area contributed by atoms with E-state index in [0.717, 1.165) is 35.4 Å². The zero-order valence-corrected chi connectivity index (χ0v) is 13.6. The second-order valence-corrected chi connectivity index (χ2v) is 6.21. The van der Waals surface area contributed by atoms with Gasteiger partial charge in [0.1, 0.15) is 5.75 Å². The van der Waals surface area contributed by atoms with Crippen LogP contribution in [0.4, 0.5) is 0 Å². The maximum Gasteiger partial charge on any atom is 0.309 e. The van der Waals surface area contributed by atoms with Crippen LogP contribution in [0, 0.1) is 5.92 Å². The molecule has 6 nitrogen and oxygen atoms in total. The number of aromatic hydroxyl groups is 1. The highest BCUT2D eigenvalue weighted by Gasteiger charge is 2.31. The van der Waals surface area contributed by atoms with Gasteiger partial charge in [0.05, 0.1) is 24.9 Å². The third kappa shape index (κ3) is 2.81. The van der Waals surface area contributed by atoms with Crippen LogP contribution in [0.3, 0.4) is 0 Å². The van der Waals surface area contributed by atoms with Gasteiger partial charge in [-0.25, -0.2) is 0 Å². The Morgan fingerprint density at radius 2 is 2.22 bits per heavy atom. The molecule has 3 rings (SSSR count). The molecule has 1 N–H and O–H groups in total. The third-order valence-electron chi connectivity index (χ3n) is 4.32. The first-order valence-corrected chi connectivity index (χ1v) is 7.83. The molecule has 0 saturated heterocycles. The summed E-state index contributed by atoms with van der Waals surface area (Å²) in [5.41, 5.74) is 3.88. The van der Waals surface area contributed by atoms with Crippen molar-refractivity contribution in [2.75, 3.05) is 7.11 Å². The summed E-state index contributed by atoms with van der Waals surface area (Å²) >= 11 is 0. The lowest BCUT2D eigenvalue weighted by atomic mass is 9.86. The van der Waals surface area contributed by atoms with Crippen LogP contribution in [0.2, 0.25) is 0 Å². The van der Waals surface area contributed by atoms with E-state index in [-0.39, 0.29) is 23.7 Å². The van der Waals surface area contributed by atoms with Gasteiger partial charge in [0.25, 0.3) is 0 Å². The monoisotopic (exact) mass is 315 g/mol. The normalized spacial score (nSPS) is 17.1. The Morgan fingerprint density at radius 1 is 1.43 bits per heavy atom. The first-order chi connectivity index (χ1) is 11.0. The highest BCUT2D eigenvalue weighted by Crippen LogP contribution is 2.35. The minimum Gasteiger partial charge on any atom is -0.506 e. The summed E-state index contributed by atoms with van der Waals surface area (Å²) in [4.78, 5) is 15.9. The van der Waals surface area contributed by atoms with E-state index >= 15 is 0 Å². The van der Waals surface area contributed by atoms with Crippen LogP contribution in [-0.2, 0) is 22.4 Å². The smallest absolute Gasteiger partial charge is 0.309 e. The molecular formula is C17H21N3O3. The molecule has 122 valence electrons. The Labute approximate surface area is 135 Å². The quantitative estimate of drug-likeness (QED) is 0.881. The predicted molar refractivity (Wildman–Crippen MR) is 85.0 cm³/mol. The highest BCUT2D eigenvalue weighted by atomic mass is 16.5. The van der Waals surface area contributed by atoms with Crippen molar-refractivity contribution >= 4 is 5.97 Å². The Bertz CT molecular complexity index is 737. The topological polar surface area (TPSA) is 77.2 Å². The van der Waals surface area contributed by atoms with E-state index < -0.39 is 0 Å². The molecular weight excluding hydrogens is 294 g/mol. The van der Waals surface area contributed by atoms with Crippen molar-refractivity contribution in [3.8, 4) is 17.0 Å². The second-order valence-electron chi connectivity index (χ2n) is 6.21. The van der Waals surface area contributed by atoms with Crippen molar-refractivity contribution in [1.82, 2.24) is 14.8 Å². The van der Waals surface area contributed by atoms with Gasteiger partial charge in [-0.1, -0.05) is 0 Å². The Balaban J connectivity index is 2.07. The van der Waals surface area contributed by atoms with E-state index in [1.807, 2.05) is 4.68 Å². The number of ether oxygens (including phenoxy) is 1. The lowest BCUT2D eigenvalue weighted by Crippen LogP contribution is -2.25. The zero-order chi connectivity index (χ0) is 16.6. The van der Waals surface area contributed by atoms with E-state index in [0.29, 0.717) is 6.42 Å². The van der Waals surface area contributed by atoms with Gasteiger partial charge in [-0.15, -0.1) is 0 Å². The molecule has 0 bridgehead atoms. The molecule has 0 fully saturated rings. The number of hydrogen-bond donors (Lipinski definition) is 1. The van der Waals surface area contributed by atoms with Gasteiger partial charge in [0.15, 0.2) is 0 Å². The molecule has 0 aromatic carbocycles. The van der Waals surface area contributed by atoms with E-state index in [1.165, 1.54) is 13.3 Å². The molecule has 0 radical (unpaired) electrons. The van der Waals surface area contributed by atoms with Gasteiger partial charge in [-0.05, 0) is 32.8 Å². The van der Waals surface area contributed by atoms with Crippen molar-refractivity contribution in [2.24, 2.45) is 5.92 Å². The average molecular weight is 315 g/mol. The van der Waals surface area contributed by atoms with Crippen molar-refractivity contribution in [2.45, 2.75) is 39.2 Å². The molecule has 0 aliphatic heterocycles. The fourth-order valence-corrected chi connectivity index (χ4v) is 3.22. The maximum absolute atomic E-state index is 11.9. The van der Waals surface area contributed by atoms with Gasteiger partial charge >= 0.3 is 5.97 Å². The van der Waals surface area contributed by atoms with Crippen LogP contribution < -0.4 is 0 Å². The molecule has 2 aromatic heterocycles. The van der Waals surface area contributed by atoms with Gasteiger partial charge < -0.3 is 9.84 Å². The molecule has 2 aromatic rings. The maximum atomic E-state index is 11.9. The number of carbonyl (C=O) groups is 1. The van der Waals surface area contributed by atoms with Crippen LogP contribution in [0.1, 0.15) is 37.6 Å². The third-order valence-corrected chi connectivity index (χ3v) is 4.32. The summed E-state index contributed by atoms with van der Waals surface area (Å²) in [5, 5.41) is 14.4. The number of esters is 1. The number of carbonyl (C=O) groups excluding carboxylic acids is 1. The predicted octanol–water partition coefficient (Wildman–Crippen LogP) is 2.51. The molecule has 6 heteroatoms. The van der Waals surface area contributed by atoms with Crippen LogP contribution in [0.15, 0.2) is 18.5 Å². The number of methoxy groups -OCH3 is 1. The number of rotatable bonds is 3. The minimum atomic E-state index is -0.160. The number of pyridine rings is 1. The second kappa shape index (κ2) is 6.02. The van der Waals surface area contributed by atoms with E-state index in [1.54, 1.807) is 12.3 Å². The summed E-state index contributed by atoms with van der Waals surface area (Å²) in [6.45, 7) is 4.14. The number of nitrogens with zero attached hydrogens (tertiary/aromatic N) is 3. The first kappa shape index (κ1) is 15.5. The van der Waals surface area contributed by atoms with E-state index in [2.05, 4.69) is 18.8 Å². The van der Waals surface area contributed by atoms with Crippen LogP contribution in [0.5, 0.6) is 5.75 Å². The Kier molecular flexibility index (Phi) is 4.07. The summed E-state index contributed by atoms with van der Waals surface area (Å²) in [7, 11) is 1.43. The number of aromatic nitrogens is 3. The fraction of sp³-hybridized carbons (Fsp3) is 0.471. The average Bonchev–Trinajstić information content (AvgIpc) is 2.93. The zero-order valence-electron chi connectivity index (χ0n) is 13.6. The van der Waals surface area contributed by atoms with E-state index in [9.17, 15) is 9.90 Å². The van der Waals surface area contributed by atoms with Gasteiger partial charge in [-0.3, -0.25) is 14.5 Å². The van der Waals surface area contributed by atoms with Crippen LogP contribution in [0.25, 0.3) is 11.3 Å². The molecule has 2 heterocycles. The van der Waals surface area contributed by atoms with Crippen LogP contribution in [-0.4, -0.2) is 33.0 Å². The number of fused-ring (bicyclic) bond motifs is 1. The van der Waals surface area contributed by atoms with Crippen molar-refractivity contribution in [1.29, 1.82) is 0 Å². The standard InChI is InChI=1S/C17H21N3O3/c1-10(2)20-15-7-11(17(22)23-3)4-5-14(15)16(19-20)12-6-13(21)9-18-8-12/h6,8-11,21H,4-5,7H2,1-3H3. The molecule has 1 aliphatic rings. The van der Waals surface area contributed by atoms with Crippen LogP contribution >= 0.6 is 0 Å². The van der Waals surface area contributed by atoms with Gasteiger partial charge in [0.2, 0.25) is 0 Å². The Morgan fingerprint density at radius 3 is 2.87 bits per heavy atom. The lowest BCUT2D eigenvalue weighted by Gasteiger charge is -2.22. The van der Waals surface area contributed by atoms with Gasteiger partial charge in [0, 0.05) is 35.5 Å². The van der Waals surface area contributed by atoms with Crippen molar-refractivity contribution in [3.63, 3.8) is 0 Å². The lowest BCUT2D eigenvalue weighted by molar-refractivity contribution is -0.145. The summed E-state index contributed by atoms with van der Waals surface area (Å²) < 4.78 is 6.88. The fourth-order valence-electron chi connectivity index (χ4n) is 3.22. The molecule has 0 saturated carbocycles. The summed E-state index contributed by atoms with van der Waals surface area (Å²) in [5.74, 6) is -0.150. The summed E-state index contributed by atoms with van der Waals surface area (Å²) in [6.07, 6.45) is 5.27. The molecule has 1 unspecified atom stereocenters.